The SMILES string of the molecule is C#CCc1ccc(CC(C)C)o1.C#CCc1ccc(CC(C)C)s1.C=C/C=C\CC1=C(C)C(C(C)C)CC1=O.C=C1OC(C)=NN1CC(C)C.C=CCC1=CC(=O)C(CC(C)C)=CC1=O.CC.CC.CC(C)(C)Cc1ccccc1.CC(C)CC1=CCC=CO1.CC(C)Cc1ccc(Cc2ccco2)o1.CC(C)N(Cc1ccccc1)S(=O)[O-].CC1=C(C)C(=O)N(CC(C)C)C1=O.CCc1ccc(CC(C)C)cc1CC. The van der Waals surface area contributed by atoms with E-state index in [9.17, 15) is 32.7 Å². The Bertz CT molecular complexity index is 5240. The van der Waals surface area contributed by atoms with Gasteiger partial charge in [-0.15, -0.1) is 41.8 Å². The number of benzene rings is 3. The Balaban J connectivity index is 0.00000158. The number of thiophene rings is 1. The molecule has 0 saturated carbocycles. The van der Waals surface area contributed by atoms with Crippen molar-refractivity contribution in [1.29, 1.82) is 0 Å². The lowest BCUT2D eigenvalue weighted by molar-refractivity contribution is -0.138. The normalized spacial score (nSPS) is 14.1. The van der Waals surface area contributed by atoms with E-state index in [0.717, 1.165) is 128 Å². The molecule has 7 heterocycles. The monoisotopic (exact) mass is 2040 g/mol. The molecule has 18 heteroatoms. The number of amides is 2. The van der Waals surface area contributed by atoms with Gasteiger partial charge in [0, 0.05) is 108 Å². The van der Waals surface area contributed by atoms with Gasteiger partial charge in [-0.05, 0) is 270 Å². The minimum Gasteiger partial charge on any atom is -0.760 e. The number of rotatable bonds is 33. The Hall–Kier alpha value is -11.0. The van der Waals surface area contributed by atoms with E-state index >= 15 is 0 Å². The van der Waals surface area contributed by atoms with Crippen molar-refractivity contribution in [3.63, 3.8) is 0 Å². The summed E-state index contributed by atoms with van der Waals surface area (Å²) >= 11 is -0.307. The van der Waals surface area contributed by atoms with E-state index < -0.39 is 11.3 Å². The van der Waals surface area contributed by atoms with Gasteiger partial charge in [-0.25, -0.2) is 9.31 Å². The minimum atomic E-state index is -2.15. The molecule has 3 aliphatic heterocycles. The zero-order valence-electron chi connectivity index (χ0n) is 96.0. The number of imide groups is 1. The van der Waals surface area contributed by atoms with Crippen LogP contribution in [-0.4, -0.2) is 77.2 Å². The van der Waals surface area contributed by atoms with Crippen molar-refractivity contribution >= 4 is 57.7 Å². The predicted molar refractivity (Wildman–Crippen MR) is 618 cm³/mol. The van der Waals surface area contributed by atoms with Crippen molar-refractivity contribution in [2.75, 3.05) is 13.1 Å². The van der Waals surface area contributed by atoms with E-state index in [1.165, 1.54) is 71.8 Å². The molecule has 5 aliphatic rings. The summed E-state index contributed by atoms with van der Waals surface area (Å²) in [5.74, 6) is 18.3. The van der Waals surface area contributed by atoms with Crippen molar-refractivity contribution in [3.05, 3.63) is 320 Å². The fourth-order valence-corrected chi connectivity index (χ4v) is 17.0. The second-order valence-corrected chi connectivity index (χ2v) is 43.7. The molecule has 2 atom stereocenters. The molecular formula is C128H187N4O12S2-. The first-order valence-electron chi connectivity index (χ1n) is 53.0. The molecule has 16 nitrogen and oxygen atoms in total. The Labute approximate surface area is 892 Å². The maximum atomic E-state index is 11.8. The molecule has 0 radical (unpaired) electrons. The Kier molecular flexibility index (Phi) is 70.0. The summed E-state index contributed by atoms with van der Waals surface area (Å²) in [5, 5.41) is 5.93. The molecule has 2 unspecified atom stereocenters. The van der Waals surface area contributed by atoms with Crippen molar-refractivity contribution in [3.8, 4) is 24.7 Å². The fourth-order valence-electron chi connectivity index (χ4n) is 15.3. The minimum absolute atomic E-state index is 0.00598. The molecule has 0 spiro atoms. The molecule has 0 N–H and O–H groups in total. The van der Waals surface area contributed by atoms with Crippen molar-refractivity contribution in [1.82, 2.24) is 14.2 Å². The van der Waals surface area contributed by atoms with Gasteiger partial charge in [0.25, 0.3) is 11.8 Å². The van der Waals surface area contributed by atoms with Crippen molar-refractivity contribution in [2.45, 2.75) is 344 Å². The first-order chi connectivity index (χ1) is 69.0. The lowest BCUT2D eigenvalue weighted by atomic mass is 9.88. The Morgan fingerprint density at radius 1 is 0.568 bits per heavy atom. The number of furan rings is 3. The van der Waals surface area contributed by atoms with Crippen LogP contribution in [0.1, 0.15) is 333 Å². The van der Waals surface area contributed by atoms with Crippen LogP contribution in [0.5, 0.6) is 0 Å². The number of hydrogen-bond donors (Lipinski definition) is 0. The predicted octanol–water partition coefficient (Wildman–Crippen LogP) is 32.7. The largest absolute Gasteiger partial charge is 0.760 e. The van der Waals surface area contributed by atoms with E-state index in [-0.39, 0.29) is 29.4 Å². The molecule has 2 aliphatic carbocycles. The standard InChI is InChI=1S/C14H20O.C14H22.2C13H16O2.C11H14O.C11H14S.C11H16.C10H15NO2S.C10H15NO2.C9H14O.C8H14N2O.2C2H6/c1-5-6-7-8-12-11(4)13(10(2)3)9-14(12)15;1-5-13-8-7-12(9-11(3)4)10-14(13)6-2;1-10(2)8-12-5-6-13(15-12)9-11-4-3-7-14-11;1-4-5-10-7-13(15)11(6-9(2)3)8-12(10)14;2*1-4-5-10-6-7-11(12-10)8-9(2)3;1-11(2,3)9-10-7-5-4-6-8-10;1-9(2)11(14(12)13)8-10-6-4-3-5-7-10;1-6(2)5-11-9(12)7(3)8(4)10(11)13;1-8(2)7-9-5-3-4-6-10-9;1-6(2)5-10-8(4)11-7(3)9-10;2*1-2/h5-7,10,13H,1,8-9H2,2-4H3;7-8,10-11H,5-6,9H2,1-4H3;3-7,10H,8-9H2,1-2H3;4,7-9H,1,5-6H2,2-3H3;2*1,6-7,9H,5,8H2,2-3H3;4-8H,9H2,1-3H3;3-7,9H,8H2,1-2H3,(H,12,13);6H,5H2,1-4H3;4-6,8H,3,7H2,1-2H3;6H,4-5H2,1-3H3;2*1-2H3/p-1/b7-6-;;;;;;;;;;;;. The Morgan fingerprint density at radius 2 is 1.08 bits per heavy atom. The summed E-state index contributed by atoms with van der Waals surface area (Å²) in [6.45, 7) is 81.9. The van der Waals surface area contributed by atoms with E-state index in [1.807, 2.05) is 166 Å². The quantitative estimate of drug-likeness (QED) is 0.00938. The molecule has 4 aromatic heterocycles. The molecule has 0 saturated heterocycles. The first-order valence-corrected chi connectivity index (χ1v) is 54.8. The van der Waals surface area contributed by atoms with Crippen LogP contribution in [-0.2, 0) is 115 Å². The van der Waals surface area contributed by atoms with Crippen LogP contribution in [0.3, 0.4) is 0 Å². The number of allylic oxidation sites excluding steroid dienone is 13. The number of hydrogen-bond acceptors (Lipinski definition) is 15. The fraction of sp³-hybridized carbons (Fsp3) is 0.500. The molecule has 2 amide bonds. The molecule has 12 rings (SSSR count). The van der Waals surface area contributed by atoms with Gasteiger partial charge in [-0.3, -0.25) is 33.1 Å². The maximum absolute atomic E-state index is 11.8. The summed E-state index contributed by atoms with van der Waals surface area (Å²) in [5.41, 5.74) is 12.0. The van der Waals surface area contributed by atoms with Crippen molar-refractivity contribution < 1.29 is 55.5 Å². The molecule has 804 valence electrons. The van der Waals surface area contributed by atoms with Gasteiger partial charge < -0.3 is 27.3 Å². The number of carbonyl (C=O) groups is 5. The number of aryl methyl sites for hydroxylation is 2. The van der Waals surface area contributed by atoms with Crippen LogP contribution in [0, 0.1) is 89.3 Å². The number of ether oxygens (including phenoxy) is 2. The molecule has 3 aromatic carbocycles. The average molecular weight is 2040 g/mol. The summed E-state index contributed by atoms with van der Waals surface area (Å²) in [7, 11) is 0. The van der Waals surface area contributed by atoms with Crippen LogP contribution in [0.2, 0.25) is 0 Å². The summed E-state index contributed by atoms with van der Waals surface area (Å²) in [6.07, 6.45) is 42.9. The van der Waals surface area contributed by atoms with E-state index in [2.05, 4.69) is 248 Å². The van der Waals surface area contributed by atoms with Crippen LogP contribution >= 0.6 is 11.3 Å². The van der Waals surface area contributed by atoms with E-state index in [1.54, 1.807) is 43.5 Å². The molecular weight excluding hydrogens is 1850 g/mol. The topological polar surface area (TPSA) is 205 Å². The lowest BCUT2D eigenvalue weighted by Gasteiger charge is -2.27. The summed E-state index contributed by atoms with van der Waals surface area (Å²) in [6, 6.07) is 43.4. The van der Waals surface area contributed by atoms with Crippen LogP contribution in [0.25, 0.3) is 0 Å². The highest BCUT2D eigenvalue weighted by Gasteiger charge is 2.34. The van der Waals surface area contributed by atoms with Gasteiger partial charge in [0.15, 0.2) is 17.3 Å². The number of ketones is 3. The van der Waals surface area contributed by atoms with Gasteiger partial charge in [-0.1, -0.05) is 308 Å². The molecule has 0 fully saturated rings. The summed E-state index contributed by atoms with van der Waals surface area (Å²) in [4.78, 5) is 62.1. The lowest BCUT2D eigenvalue weighted by Crippen LogP contribution is -2.34. The van der Waals surface area contributed by atoms with E-state index in [4.69, 9.17) is 35.6 Å². The highest BCUT2D eigenvalue weighted by molar-refractivity contribution is 7.76. The number of terminal acetylenes is 2. The van der Waals surface area contributed by atoms with Gasteiger partial charge in [0.05, 0.1) is 31.1 Å². The number of carbonyl (C=O) groups excluding carboxylic acids is 5. The highest BCUT2D eigenvalue weighted by atomic mass is 32.2. The second-order valence-electron chi connectivity index (χ2n) is 41.5. The zero-order chi connectivity index (χ0) is 111. The molecule has 0 bridgehead atoms. The third-order valence-corrected chi connectivity index (χ3v) is 24.1. The second kappa shape index (κ2) is 75.7. The average Bonchev–Trinajstić information content (AvgIpc) is 1.66. The number of nitrogens with zero attached hydrogens (tertiary/aromatic N) is 4. The van der Waals surface area contributed by atoms with Crippen molar-refractivity contribution in [2.24, 2.45) is 69.7 Å². The molecule has 146 heavy (non-hydrogen) atoms. The summed E-state index contributed by atoms with van der Waals surface area (Å²) < 4.78 is 50.0. The van der Waals surface area contributed by atoms with Gasteiger partial charge in [0.1, 0.15) is 28.8 Å². The van der Waals surface area contributed by atoms with Crippen LogP contribution in [0.15, 0.2) is 272 Å². The third-order valence-electron chi connectivity index (χ3n) is 22.1. The van der Waals surface area contributed by atoms with Gasteiger partial charge in [0.2, 0.25) is 11.8 Å². The van der Waals surface area contributed by atoms with E-state index in [0.29, 0.717) is 131 Å². The Morgan fingerprint density at radius 3 is 1.53 bits per heavy atom. The van der Waals surface area contributed by atoms with Crippen LogP contribution in [0.4, 0.5) is 0 Å². The zero-order valence-corrected chi connectivity index (χ0v) is 97.6. The highest BCUT2D eigenvalue weighted by Crippen LogP contribution is 2.36. The third kappa shape index (κ3) is 58.5. The van der Waals surface area contributed by atoms with Gasteiger partial charge >= 0.3 is 0 Å². The molecule has 7 aromatic rings. The van der Waals surface area contributed by atoms with Gasteiger partial charge in [-0.2, -0.15) is 0 Å². The van der Waals surface area contributed by atoms with Crippen LogP contribution < -0.4 is 0 Å². The number of Topliss-reactive ketones (excluding diaryl/α,β-unsaturated/α-hetero) is 1. The number of hydrazone groups is 1. The maximum Gasteiger partial charge on any atom is 0.256 e. The first kappa shape index (κ1) is 135. The smallest absolute Gasteiger partial charge is 0.256 e.